The van der Waals surface area contributed by atoms with Gasteiger partial charge in [-0.05, 0) is 31.2 Å². The fourth-order valence-corrected chi connectivity index (χ4v) is 2.90. The number of halogens is 1. The Balaban J connectivity index is 2.15. The number of hydrogen-bond acceptors (Lipinski definition) is 5. The number of carboxylic acids is 1. The van der Waals surface area contributed by atoms with Crippen LogP contribution in [0.1, 0.15) is 29.1 Å². The van der Waals surface area contributed by atoms with Crippen molar-refractivity contribution >= 4 is 35.2 Å². The topological polar surface area (TPSA) is 97.1 Å². The number of allylic oxidation sites excluding steroid dienone is 1. The zero-order valence-corrected chi connectivity index (χ0v) is 15.0. The second-order valence-corrected chi connectivity index (χ2v) is 6.50. The lowest BCUT2D eigenvalue weighted by atomic mass is 10.2. The SMILES string of the molecule is C=CCn1c(SCC(=O)O)nnc1[C@H](C)NC(=O)c1ccc(Cl)cc1. The van der Waals surface area contributed by atoms with E-state index in [1.165, 1.54) is 0 Å². The minimum atomic E-state index is -0.941. The fraction of sp³-hybridized carbons (Fsp3) is 0.250. The minimum Gasteiger partial charge on any atom is -0.481 e. The maximum atomic E-state index is 12.3. The molecule has 9 heteroatoms. The van der Waals surface area contributed by atoms with E-state index in [4.69, 9.17) is 16.7 Å². The molecule has 2 rings (SSSR count). The molecule has 0 spiro atoms. The number of amides is 1. The number of hydrogen-bond donors (Lipinski definition) is 2. The molecule has 1 atom stereocenters. The number of carboxylic acid groups (broad SMARTS) is 1. The number of rotatable bonds is 8. The summed E-state index contributed by atoms with van der Waals surface area (Å²) in [4.78, 5) is 23.1. The van der Waals surface area contributed by atoms with Gasteiger partial charge in [-0.25, -0.2) is 0 Å². The molecule has 0 bridgehead atoms. The Morgan fingerprint density at radius 3 is 2.68 bits per heavy atom. The van der Waals surface area contributed by atoms with Crippen LogP contribution in [0, 0.1) is 0 Å². The van der Waals surface area contributed by atoms with Crippen molar-refractivity contribution in [2.75, 3.05) is 5.75 Å². The molecule has 0 unspecified atom stereocenters. The summed E-state index contributed by atoms with van der Waals surface area (Å²) in [5.74, 6) is -0.809. The second kappa shape index (κ2) is 8.68. The van der Waals surface area contributed by atoms with E-state index < -0.39 is 12.0 Å². The van der Waals surface area contributed by atoms with Crippen molar-refractivity contribution in [1.82, 2.24) is 20.1 Å². The number of benzene rings is 1. The largest absolute Gasteiger partial charge is 0.481 e. The highest BCUT2D eigenvalue weighted by Crippen LogP contribution is 2.21. The fourth-order valence-electron chi connectivity index (χ4n) is 2.10. The van der Waals surface area contributed by atoms with Gasteiger partial charge in [-0.2, -0.15) is 0 Å². The van der Waals surface area contributed by atoms with Crippen LogP contribution in [-0.2, 0) is 11.3 Å². The average Bonchev–Trinajstić information content (AvgIpc) is 2.96. The zero-order valence-electron chi connectivity index (χ0n) is 13.5. The Morgan fingerprint density at radius 2 is 2.08 bits per heavy atom. The standard InChI is InChI=1S/C16H17ClN4O3S/c1-3-8-21-14(19-20-16(21)25-9-13(22)23)10(2)18-15(24)11-4-6-12(17)7-5-11/h3-7,10H,1,8-9H2,2H3,(H,18,24)(H,22,23)/t10-/m0/s1. The second-order valence-electron chi connectivity index (χ2n) is 5.12. The number of carbonyl (C=O) groups excluding carboxylic acids is 1. The molecule has 1 heterocycles. The van der Waals surface area contributed by atoms with Crippen LogP contribution in [0.5, 0.6) is 0 Å². The molecule has 0 aliphatic carbocycles. The van der Waals surface area contributed by atoms with Gasteiger partial charge < -0.3 is 15.0 Å². The lowest BCUT2D eigenvalue weighted by Crippen LogP contribution is -2.28. The maximum absolute atomic E-state index is 12.3. The molecule has 2 aromatic rings. The third kappa shape index (κ3) is 5.07. The maximum Gasteiger partial charge on any atom is 0.313 e. The normalized spacial score (nSPS) is 11.8. The van der Waals surface area contributed by atoms with Crippen LogP contribution in [0.4, 0.5) is 0 Å². The van der Waals surface area contributed by atoms with Crippen molar-refractivity contribution in [3.8, 4) is 0 Å². The third-order valence-corrected chi connectivity index (χ3v) is 4.43. The summed E-state index contributed by atoms with van der Waals surface area (Å²) in [6, 6.07) is 6.12. The average molecular weight is 381 g/mol. The lowest BCUT2D eigenvalue weighted by Gasteiger charge is -2.15. The molecule has 0 aliphatic rings. The van der Waals surface area contributed by atoms with Gasteiger partial charge in [0, 0.05) is 17.1 Å². The van der Waals surface area contributed by atoms with Crippen molar-refractivity contribution in [2.24, 2.45) is 0 Å². The Hall–Kier alpha value is -2.32. The number of aliphatic carboxylic acids is 1. The van der Waals surface area contributed by atoms with E-state index in [0.29, 0.717) is 28.1 Å². The minimum absolute atomic E-state index is 0.124. The van der Waals surface area contributed by atoms with Crippen LogP contribution in [0.15, 0.2) is 42.1 Å². The monoisotopic (exact) mass is 380 g/mol. The Morgan fingerprint density at radius 1 is 1.40 bits per heavy atom. The van der Waals surface area contributed by atoms with Gasteiger partial charge in [0.1, 0.15) is 0 Å². The number of nitrogens with one attached hydrogen (secondary N) is 1. The first-order chi connectivity index (χ1) is 11.9. The lowest BCUT2D eigenvalue weighted by molar-refractivity contribution is -0.133. The van der Waals surface area contributed by atoms with E-state index in [2.05, 4.69) is 22.1 Å². The molecule has 0 fully saturated rings. The third-order valence-electron chi connectivity index (χ3n) is 3.22. The Labute approximate surface area is 154 Å². The van der Waals surface area contributed by atoms with Crippen LogP contribution in [0.2, 0.25) is 5.02 Å². The van der Waals surface area contributed by atoms with E-state index in [9.17, 15) is 9.59 Å². The first-order valence-corrected chi connectivity index (χ1v) is 8.73. The molecule has 0 saturated heterocycles. The number of carbonyl (C=O) groups is 2. The molecule has 0 aliphatic heterocycles. The smallest absolute Gasteiger partial charge is 0.313 e. The van der Waals surface area contributed by atoms with Crippen LogP contribution in [0.3, 0.4) is 0 Å². The highest BCUT2D eigenvalue weighted by atomic mass is 35.5. The van der Waals surface area contributed by atoms with E-state index in [1.807, 2.05) is 0 Å². The van der Waals surface area contributed by atoms with Gasteiger partial charge in [-0.1, -0.05) is 29.4 Å². The molecule has 25 heavy (non-hydrogen) atoms. The van der Waals surface area contributed by atoms with E-state index in [0.717, 1.165) is 11.8 Å². The molecular formula is C16H17ClN4O3S. The van der Waals surface area contributed by atoms with E-state index >= 15 is 0 Å². The van der Waals surface area contributed by atoms with Crippen molar-refractivity contribution in [3.63, 3.8) is 0 Å². The summed E-state index contributed by atoms with van der Waals surface area (Å²) in [5, 5.41) is 20.8. The van der Waals surface area contributed by atoms with Crippen molar-refractivity contribution in [2.45, 2.75) is 24.7 Å². The molecule has 0 saturated carbocycles. The van der Waals surface area contributed by atoms with Gasteiger partial charge in [-0.15, -0.1) is 16.8 Å². The molecule has 1 aromatic carbocycles. The molecule has 0 radical (unpaired) electrons. The van der Waals surface area contributed by atoms with Gasteiger partial charge in [0.25, 0.3) is 5.91 Å². The summed E-state index contributed by atoms with van der Waals surface area (Å²) in [7, 11) is 0. The zero-order chi connectivity index (χ0) is 18.4. The van der Waals surface area contributed by atoms with Crippen molar-refractivity contribution < 1.29 is 14.7 Å². The summed E-state index contributed by atoms with van der Waals surface area (Å²) >= 11 is 6.89. The van der Waals surface area contributed by atoms with Gasteiger partial charge >= 0.3 is 5.97 Å². The van der Waals surface area contributed by atoms with Gasteiger partial charge in [0.05, 0.1) is 11.8 Å². The van der Waals surface area contributed by atoms with Crippen LogP contribution >= 0.6 is 23.4 Å². The van der Waals surface area contributed by atoms with E-state index in [-0.39, 0.29) is 11.7 Å². The molecule has 1 aromatic heterocycles. The van der Waals surface area contributed by atoms with Crippen molar-refractivity contribution in [3.05, 3.63) is 53.3 Å². The molecule has 7 nitrogen and oxygen atoms in total. The molecular weight excluding hydrogens is 364 g/mol. The highest BCUT2D eigenvalue weighted by molar-refractivity contribution is 7.99. The first kappa shape index (κ1) is 19.0. The highest BCUT2D eigenvalue weighted by Gasteiger charge is 2.20. The quantitative estimate of drug-likeness (QED) is 0.540. The van der Waals surface area contributed by atoms with E-state index in [1.54, 1.807) is 41.8 Å². The van der Waals surface area contributed by atoms with Crippen molar-refractivity contribution in [1.29, 1.82) is 0 Å². The summed E-state index contributed by atoms with van der Waals surface area (Å²) in [6.07, 6.45) is 1.66. The number of aromatic nitrogens is 3. The van der Waals surface area contributed by atoms with Gasteiger partial charge in [-0.3, -0.25) is 9.59 Å². The van der Waals surface area contributed by atoms with Crippen LogP contribution < -0.4 is 5.32 Å². The Bertz CT molecular complexity index is 776. The van der Waals surface area contributed by atoms with Crippen LogP contribution in [-0.4, -0.2) is 37.5 Å². The number of nitrogens with zero attached hydrogens (tertiary/aromatic N) is 3. The van der Waals surface area contributed by atoms with Gasteiger partial charge in [0.15, 0.2) is 11.0 Å². The number of thioether (sulfide) groups is 1. The summed E-state index contributed by atoms with van der Waals surface area (Å²) in [6.45, 7) is 5.88. The van der Waals surface area contributed by atoms with Crippen LogP contribution in [0.25, 0.3) is 0 Å². The summed E-state index contributed by atoms with van der Waals surface area (Å²) < 4.78 is 1.73. The molecule has 1 amide bonds. The first-order valence-electron chi connectivity index (χ1n) is 7.37. The molecule has 132 valence electrons. The predicted molar refractivity (Wildman–Crippen MR) is 95.9 cm³/mol. The predicted octanol–water partition coefficient (Wildman–Crippen LogP) is 2.79. The summed E-state index contributed by atoms with van der Waals surface area (Å²) in [5.41, 5.74) is 0.478. The van der Waals surface area contributed by atoms with Gasteiger partial charge in [0.2, 0.25) is 0 Å². The Kier molecular flexibility index (Phi) is 6.60. The molecule has 2 N–H and O–H groups in total.